The van der Waals surface area contributed by atoms with Gasteiger partial charge in [0.15, 0.2) is 6.61 Å². The Morgan fingerprint density at radius 3 is 2.44 bits per heavy atom. The van der Waals surface area contributed by atoms with E-state index in [0.717, 1.165) is 23.7 Å². The van der Waals surface area contributed by atoms with Crippen molar-refractivity contribution in [1.29, 1.82) is 0 Å². The number of nitrogens with zero attached hydrogens (tertiary/aromatic N) is 2. The molecule has 0 atom stereocenters. The summed E-state index contributed by atoms with van der Waals surface area (Å²) in [5.74, 6) is -0.718. The lowest BCUT2D eigenvalue weighted by molar-refractivity contribution is -0.134. The van der Waals surface area contributed by atoms with Crippen molar-refractivity contribution in [2.45, 2.75) is 6.92 Å². The van der Waals surface area contributed by atoms with Gasteiger partial charge in [0.25, 0.3) is 5.91 Å². The summed E-state index contributed by atoms with van der Waals surface area (Å²) in [5, 5.41) is 0.423. The van der Waals surface area contributed by atoms with E-state index >= 15 is 0 Å². The third-order valence-electron chi connectivity index (χ3n) is 4.18. The molecule has 25 heavy (non-hydrogen) atoms. The summed E-state index contributed by atoms with van der Waals surface area (Å²) < 4.78 is 5.13. The maximum absolute atomic E-state index is 12.3. The van der Waals surface area contributed by atoms with Crippen LogP contribution in [0.2, 0.25) is 0 Å². The van der Waals surface area contributed by atoms with Gasteiger partial charge in [-0.25, -0.2) is 4.79 Å². The number of esters is 1. The van der Waals surface area contributed by atoms with E-state index in [2.05, 4.69) is 17.0 Å². The number of piperazine rings is 1. The van der Waals surface area contributed by atoms with Crippen molar-refractivity contribution < 1.29 is 14.3 Å². The summed E-state index contributed by atoms with van der Waals surface area (Å²) in [4.78, 5) is 29.2. The van der Waals surface area contributed by atoms with E-state index in [1.807, 2.05) is 25.1 Å². The van der Waals surface area contributed by atoms with Crippen molar-refractivity contribution in [1.82, 2.24) is 4.90 Å². The molecule has 0 saturated carbocycles. The molecule has 0 spiro atoms. The van der Waals surface area contributed by atoms with Crippen molar-refractivity contribution in [3.63, 3.8) is 0 Å². The van der Waals surface area contributed by atoms with Crippen LogP contribution in [0.15, 0.2) is 36.4 Å². The topological polar surface area (TPSA) is 75.9 Å². The molecular weight excluding hydrogens is 338 g/mol. The Labute approximate surface area is 150 Å². The van der Waals surface area contributed by atoms with Gasteiger partial charge < -0.3 is 20.3 Å². The maximum atomic E-state index is 12.3. The van der Waals surface area contributed by atoms with Crippen molar-refractivity contribution in [3.05, 3.63) is 46.8 Å². The first kappa shape index (κ1) is 17.3. The van der Waals surface area contributed by atoms with Gasteiger partial charge in [0.1, 0.15) is 5.00 Å². The Balaban J connectivity index is 1.48. The fraction of sp³-hybridized carbons (Fsp3) is 0.333. The van der Waals surface area contributed by atoms with Crippen LogP contribution in [0.1, 0.15) is 15.2 Å². The van der Waals surface area contributed by atoms with E-state index in [-0.39, 0.29) is 12.5 Å². The van der Waals surface area contributed by atoms with Gasteiger partial charge in [0, 0.05) is 36.7 Å². The van der Waals surface area contributed by atoms with E-state index in [4.69, 9.17) is 10.5 Å². The number of carbonyl (C=O) groups excluding carboxylic acids is 2. The smallest absolute Gasteiger partial charge is 0.341 e. The zero-order valence-electron chi connectivity index (χ0n) is 14.1. The van der Waals surface area contributed by atoms with Gasteiger partial charge in [-0.15, -0.1) is 11.3 Å². The minimum Gasteiger partial charge on any atom is -0.452 e. The third-order valence-corrected chi connectivity index (χ3v) is 5.06. The minimum absolute atomic E-state index is 0.174. The SMILES string of the molecule is Cc1cc(C(=O)OCC(=O)N2CCN(c3ccccc3)CC2)c(N)s1. The zero-order chi connectivity index (χ0) is 17.8. The lowest BCUT2D eigenvalue weighted by atomic mass is 10.2. The molecule has 1 amide bonds. The predicted octanol–water partition coefficient (Wildman–Crippen LogP) is 2.14. The van der Waals surface area contributed by atoms with Crippen LogP contribution in [0.4, 0.5) is 10.7 Å². The number of nitrogen functional groups attached to an aromatic ring is 1. The lowest BCUT2D eigenvalue weighted by Gasteiger charge is -2.36. The molecule has 2 aromatic rings. The molecule has 1 fully saturated rings. The molecule has 1 aliphatic heterocycles. The molecule has 0 aliphatic carbocycles. The number of rotatable bonds is 4. The Kier molecular flexibility index (Phi) is 5.23. The first-order chi connectivity index (χ1) is 12.0. The summed E-state index contributed by atoms with van der Waals surface area (Å²) in [7, 11) is 0. The van der Waals surface area contributed by atoms with Crippen LogP contribution < -0.4 is 10.6 Å². The standard InChI is InChI=1S/C18H21N3O3S/c1-13-11-15(17(19)25-13)18(23)24-12-16(22)21-9-7-20(8-10-21)14-5-3-2-4-6-14/h2-6,11H,7-10,12,19H2,1H3. The average Bonchev–Trinajstić information content (AvgIpc) is 2.98. The summed E-state index contributed by atoms with van der Waals surface area (Å²) >= 11 is 1.33. The molecule has 1 aromatic carbocycles. The molecular formula is C18H21N3O3S. The number of hydrogen-bond donors (Lipinski definition) is 1. The second-order valence-corrected chi connectivity index (χ2v) is 7.20. The Morgan fingerprint density at radius 1 is 1.16 bits per heavy atom. The molecule has 2 heterocycles. The van der Waals surface area contributed by atoms with Crippen LogP contribution in [0.3, 0.4) is 0 Å². The summed E-state index contributed by atoms with van der Waals surface area (Å²) in [6.07, 6.45) is 0. The summed E-state index contributed by atoms with van der Waals surface area (Å²) in [6.45, 7) is 4.38. The van der Waals surface area contributed by atoms with Crippen LogP contribution >= 0.6 is 11.3 Å². The highest BCUT2D eigenvalue weighted by Gasteiger charge is 2.23. The number of nitrogens with two attached hydrogens (primary N) is 1. The fourth-order valence-electron chi connectivity index (χ4n) is 2.84. The van der Waals surface area contributed by atoms with Crippen LogP contribution in [-0.4, -0.2) is 49.6 Å². The number of benzene rings is 1. The van der Waals surface area contributed by atoms with E-state index in [1.165, 1.54) is 11.3 Å². The van der Waals surface area contributed by atoms with Gasteiger partial charge in [-0.3, -0.25) is 4.79 Å². The molecule has 3 rings (SSSR count). The molecule has 0 bridgehead atoms. The number of thiophene rings is 1. The molecule has 2 N–H and O–H groups in total. The Hall–Kier alpha value is -2.54. The van der Waals surface area contributed by atoms with Crippen molar-refractivity contribution in [2.75, 3.05) is 43.4 Å². The van der Waals surface area contributed by atoms with Crippen LogP contribution in [0.25, 0.3) is 0 Å². The first-order valence-electron chi connectivity index (χ1n) is 8.15. The normalized spacial score (nSPS) is 14.4. The van der Waals surface area contributed by atoms with E-state index in [9.17, 15) is 9.59 Å². The number of amides is 1. The predicted molar refractivity (Wildman–Crippen MR) is 99.0 cm³/mol. The number of aryl methyl sites for hydroxylation is 1. The molecule has 7 heteroatoms. The second-order valence-electron chi connectivity index (χ2n) is 5.91. The van der Waals surface area contributed by atoms with E-state index < -0.39 is 5.97 Å². The molecule has 1 aliphatic rings. The van der Waals surface area contributed by atoms with Crippen LogP contribution in [-0.2, 0) is 9.53 Å². The van der Waals surface area contributed by atoms with Gasteiger partial charge in [-0.05, 0) is 25.1 Å². The molecule has 1 aromatic heterocycles. The number of ether oxygens (including phenoxy) is 1. The summed E-state index contributed by atoms with van der Waals surface area (Å²) in [6, 6.07) is 11.8. The fourth-order valence-corrected chi connectivity index (χ4v) is 3.62. The molecule has 0 radical (unpaired) electrons. The van der Waals surface area contributed by atoms with Gasteiger partial charge in [-0.2, -0.15) is 0 Å². The van der Waals surface area contributed by atoms with Crippen molar-refractivity contribution >= 4 is 33.9 Å². The average molecular weight is 359 g/mol. The molecule has 1 saturated heterocycles. The minimum atomic E-state index is -0.543. The number of hydrogen-bond acceptors (Lipinski definition) is 6. The molecule has 132 valence electrons. The number of para-hydroxylation sites is 1. The second kappa shape index (κ2) is 7.57. The zero-order valence-corrected chi connectivity index (χ0v) is 14.9. The largest absolute Gasteiger partial charge is 0.452 e. The van der Waals surface area contributed by atoms with Gasteiger partial charge in [0.2, 0.25) is 0 Å². The highest BCUT2D eigenvalue weighted by molar-refractivity contribution is 7.16. The molecule has 6 nitrogen and oxygen atoms in total. The van der Waals surface area contributed by atoms with Gasteiger partial charge >= 0.3 is 5.97 Å². The lowest BCUT2D eigenvalue weighted by Crippen LogP contribution is -2.49. The quantitative estimate of drug-likeness (QED) is 0.847. The third kappa shape index (κ3) is 4.11. The van der Waals surface area contributed by atoms with Crippen molar-refractivity contribution in [2.24, 2.45) is 0 Å². The van der Waals surface area contributed by atoms with Gasteiger partial charge in [0.05, 0.1) is 5.56 Å². The van der Waals surface area contributed by atoms with Crippen LogP contribution in [0.5, 0.6) is 0 Å². The van der Waals surface area contributed by atoms with E-state index in [0.29, 0.717) is 23.7 Å². The maximum Gasteiger partial charge on any atom is 0.341 e. The van der Waals surface area contributed by atoms with Crippen LogP contribution in [0, 0.1) is 6.92 Å². The van der Waals surface area contributed by atoms with E-state index in [1.54, 1.807) is 11.0 Å². The highest BCUT2D eigenvalue weighted by Crippen LogP contribution is 2.24. The Bertz CT molecular complexity index is 752. The highest BCUT2D eigenvalue weighted by atomic mass is 32.1. The van der Waals surface area contributed by atoms with Gasteiger partial charge in [-0.1, -0.05) is 18.2 Å². The van der Waals surface area contributed by atoms with Crippen molar-refractivity contribution in [3.8, 4) is 0 Å². The Morgan fingerprint density at radius 2 is 1.84 bits per heavy atom. The number of carbonyl (C=O) groups is 2. The summed E-state index contributed by atoms with van der Waals surface area (Å²) in [5.41, 5.74) is 7.27. The monoisotopic (exact) mass is 359 g/mol. The first-order valence-corrected chi connectivity index (χ1v) is 8.97. The number of anilines is 2. The molecule has 0 unspecified atom stereocenters.